The number of alkyl halides is 12. The minimum Gasteiger partial charge on any atom is -0.194 e. The van der Waals surface area contributed by atoms with Crippen molar-refractivity contribution < 1.29 is 52.7 Å². The molecule has 0 aromatic heterocycles. The van der Waals surface area contributed by atoms with Gasteiger partial charge in [-0.25, -0.2) is 0 Å². The highest BCUT2D eigenvalue weighted by Crippen LogP contribution is 2.68. The summed E-state index contributed by atoms with van der Waals surface area (Å²) in [7, 11) is -3.19. The molecular formula is C19H8ClF12P. The Morgan fingerprint density at radius 1 is 0.576 bits per heavy atom. The number of allylic oxidation sites excluding steroid dienone is 2. The molecule has 0 bridgehead atoms. The highest BCUT2D eigenvalue weighted by atomic mass is 35.5. The molecule has 0 amide bonds. The molecule has 0 aliphatic heterocycles. The maximum atomic E-state index is 14.6. The molecule has 0 atom stereocenters. The molecule has 2 aromatic carbocycles. The summed E-state index contributed by atoms with van der Waals surface area (Å²) >= 11 is 5.27. The van der Waals surface area contributed by atoms with Crippen LogP contribution in [0.15, 0.2) is 58.9 Å². The summed E-state index contributed by atoms with van der Waals surface area (Å²) < 4.78 is 162. The number of halogens is 13. The molecule has 0 unspecified atom stereocenters. The number of hydrogen-bond acceptors (Lipinski definition) is 0. The average molecular weight is 531 g/mol. The molecular weight excluding hydrogens is 523 g/mol. The van der Waals surface area contributed by atoms with E-state index < -0.39 is 70.1 Å². The van der Waals surface area contributed by atoms with Gasteiger partial charge in [-0.3, -0.25) is 0 Å². The lowest BCUT2D eigenvalue weighted by Crippen LogP contribution is -2.49. The quantitative estimate of drug-likeness (QED) is 0.284. The fourth-order valence-electron chi connectivity index (χ4n) is 3.02. The van der Waals surface area contributed by atoms with Crippen LogP contribution in [0.3, 0.4) is 0 Å². The van der Waals surface area contributed by atoms with E-state index in [-0.39, 0.29) is 0 Å². The second-order valence-electron chi connectivity index (χ2n) is 6.81. The van der Waals surface area contributed by atoms with Gasteiger partial charge in [0.2, 0.25) is 0 Å². The second kappa shape index (κ2) is 7.80. The minimum absolute atomic E-state index is 0.395. The molecule has 33 heavy (non-hydrogen) atoms. The SMILES string of the molecule is FC(F)(F)c1ccc(P(C2=C(Cl)C(F)(F)C(F)(F)C2(F)F)c2ccc(C(F)(F)F)cc2)cc1. The lowest BCUT2D eigenvalue weighted by Gasteiger charge is -2.28. The van der Waals surface area contributed by atoms with Crippen LogP contribution in [0.2, 0.25) is 0 Å². The molecule has 14 heteroatoms. The maximum absolute atomic E-state index is 14.6. The molecule has 1 aliphatic rings. The van der Waals surface area contributed by atoms with Gasteiger partial charge in [0.15, 0.2) is 0 Å². The van der Waals surface area contributed by atoms with Crippen LogP contribution in [-0.2, 0) is 12.4 Å². The van der Waals surface area contributed by atoms with Crippen LogP contribution >= 0.6 is 19.5 Å². The van der Waals surface area contributed by atoms with Crippen molar-refractivity contribution in [1.29, 1.82) is 0 Å². The Morgan fingerprint density at radius 3 is 1.15 bits per heavy atom. The van der Waals surface area contributed by atoms with E-state index in [4.69, 9.17) is 11.6 Å². The van der Waals surface area contributed by atoms with Gasteiger partial charge in [-0.2, -0.15) is 52.7 Å². The van der Waals surface area contributed by atoms with E-state index in [2.05, 4.69) is 0 Å². The van der Waals surface area contributed by atoms with Crippen molar-refractivity contribution in [2.24, 2.45) is 0 Å². The summed E-state index contributed by atoms with van der Waals surface area (Å²) in [6, 6.07) is 3.95. The zero-order chi connectivity index (χ0) is 25.2. The first-order chi connectivity index (χ1) is 14.8. The molecule has 0 saturated heterocycles. The van der Waals surface area contributed by atoms with E-state index in [1.54, 1.807) is 0 Å². The second-order valence-corrected chi connectivity index (χ2v) is 9.34. The first kappa shape index (κ1) is 25.7. The molecule has 2 aromatic rings. The summed E-state index contributed by atoms with van der Waals surface area (Å²) in [5, 5.41) is -5.27. The largest absolute Gasteiger partial charge is 0.416 e. The van der Waals surface area contributed by atoms with E-state index in [0.29, 0.717) is 48.5 Å². The van der Waals surface area contributed by atoms with Crippen molar-refractivity contribution in [2.75, 3.05) is 0 Å². The third-order valence-corrected chi connectivity index (χ3v) is 7.84. The highest BCUT2D eigenvalue weighted by molar-refractivity contribution is 7.77. The smallest absolute Gasteiger partial charge is 0.194 e. The van der Waals surface area contributed by atoms with Gasteiger partial charge in [-0.15, -0.1) is 0 Å². The van der Waals surface area contributed by atoms with Gasteiger partial charge < -0.3 is 0 Å². The van der Waals surface area contributed by atoms with Crippen molar-refractivity contribution in [2.45, 2.75) is 30.1 Å². The lowest BCUT2D eigenvalue weighted by molar-refractivity contribution is -0.261. The Kier molecular flexibility index (Phi) is 6.07. The predicted octanol–water partition coefficient (Wildman–Crippen LogP) is 7.53. The Hall–Kier alpha value is -1.94. The average Bonchev–Trinajstić information content (AvgIpc) is 2.78. The van der Waals surface area contributed by atoms with Crippen molar-refractivity contribution in [3.63, 3.8) is 0 Å². The van der Waals surface area contributed by atoms with Gasteiger partial charge in [0.1, 0.15) is 5.03 Å². The molecule has 0 heterocycles. The van der Waals surface area contributed by atoms with Gasteiger partial charge in [0.25, 0.3) is 0 Å². The number of rotatable bonds is 3. The van der Waals surface area contributed by atoms with Crippen LogP contribution in [0.5, 0.6) is 0 Å². The van der Waals surface area contributed by atoms with E-state index in [1.807, 2.05) is 0 Å². The molecule has 180 valence electrons. The van der Waals surface area contributed by atoms with Crippen LogP contribution in [0.1, 0.15) is 11.1 Å². The van der Waals surface area contributed by atoms with Crippen molar-refractivity contribution >= 4 is 30.1 Å². The first-order valence-corrected chi connectivity index (χ1v) is 10.2. The van der Waals surface area contributed by atoms with Crippen molar-refractivity contribution in [3.8, 4) is 0 Å². The predicted molar refractivity (Wildman–Crippen MR) is 96.8 cm³/mol. The van der Waals surface area contributed by atoms with Crippen LogP contribution < -0.4 is 10.6 Å². The normalized spacial score (nSPS) is 19.9. The summed E-state index contributed by atoms with van der Waals surface area (Å²) in [4.78, 5) is 0. The number of hydrogen-bond donors (Lipinski definition) is 0. The molecule has 3 rings (SSSR count). The minimum atomic E-state index is -5.98. The summed E-state index contributed by atoms with van der Waals surface area (Å²) in [5.41, 5.74) is -2.52. The Bertz CT molecular complexity index is 1010. The highest BCUT2D eigenvalue weighted by Gasteiger charge is 2.81. The van der Waals surface area contributed by atoms with Gasteiger partial charge in [0, 0.05) is 0 Å². The van der Waals surface area contributed by atoms with Crippen LogP contribution in [0, 0.1) is 0 Å². The fourth-order valence-corrected chi connectivity index (χ4v) is 5.97. The Labute approximate surface area is 183 Å². The monoisotopic (exact) mass is 530 g/mol. The third kappa shape index (κ3) is 4.09. The Morgan fingerprint density at radius 2 is 0.909 bits per heavy atom. The fraction of sp³-hybridized carbons (Fsp3) is 0.263. The standard InChI is InChI=1S/C19H8ClF12P/c20-13-14(16(23,24)19(31,32)15(13,21)22)33(11-5-1-9(2-6-11)17(25,26)27)12-7-3-10(4-8-12)18(28,29)30/h1-8H. The van der Waals surface area contributed by atoms with Crippen LogP contribution in [-0.4, -0.2) is 17.8 Å². The third-order valence-electron chi connectivity index (χ3n) is 4.70. The topological polar surface area (TPSA) is 0 Å². The van der Waals surface area contributed by atoms with E-state index in [0.717, 1.165) is 0 Å². The zero-order valence-corrected chi connectivity index (χ0v) is 17.1. The first-order valence-electron chi connectivity index (χ1n) is 8.52. The molecule has 0 N–H and O–H groups in total. The molecule has 0 nitrogen and oxygen atoms in total. The molecule has 0 spiro atoms. The van der Waals surface area contributed by atoms with Crippen molar-refractivity contribution in [3.05, 3.63) is 70.0 Å². The molecule has 0 radical (unpaired) electrons. The zero-order valence-electron chi connectivity index (χ0n) is 15.5. The van der Waals surface area contributed by atoms with Gasteiger partial charge >= 0.3 is 30.1 Å². The Balaban J connectivity index is 2.26. The van der Waals surface area contributed by atoms with Gasteiger partial charge in [0.05, 0.1) is 16.4 Å². The van der Waals surface area contributed by atoms with E-state index in [9.17, 15) is 52.7 Å². The van der Waals surface area contributed by atoms with Crippen LogP contribution in [0.4, 0.5) is 52.7 Å². The molecule has 1 aliphatic carbocycles. The van der Waals surface area contributed by atoms with E-state index >= 15 is 0 Å². The molecule has 0 fully saturated rings. The number of benzene rings is 2. The van der Waals surface area contributed by atoms with Gasteiger partial charge in [-0.1, -0.05) is 35.9 Å². The van der Waals surface area contributed by atoms with Crippen LogP contribution in [0.25, 0.3) is 0 Å². The molecule has 0 saturated carbocycles. The lowest BCUT2D eigenvalue weighted by atomic mass is 10.2. The summed E-state index contributed by atoms with van der Waals surface area (Å²) in [6.45, 7) is 0. The van der Waals surface area contributed by atoms with Gasteiger partial charge in [-0.05, 0) is 42.8 Å². The maximum Gasteiger partial charge on any atom is 0.416 e. The summed E-state index contributed by atoms with van der Waals surface area (Å²) in [6.07, 6.45) is -9.74. The van der Waals surface area contributed by atoms with Crippen molar-refractivity contribution in [1.82, 2.24) is 0 Å². The van der Waals surface area contributed by atoms with E-state index in [1.165, 1.54) is 0 Å². The summed E-state index contributed by atoms with van der Waals surface area (Å²) in [5.74, 6) is -17.1.